The first kappa shape index (κ1) is 32.2. The number of carbonyl (C=O) groups is 2. The molecule has 0 aliphatic rings. The maximum atomic E-state index is 13.9. The molecule has 2 amide bonds. The fourth-order valence-corrected chi connectivity index (χ4v) is 5.65. The Morgan fingerprint density at radius 1 is 0.951 bits per heavy atom. The monoisotopic (exact) mass is 597 g/mol. The smallest absolute Gasteiger partial charge is 0.243 e. The highest BCUT2D eigenvalue weighted by molar-refractivity contribution is 7.92. The molecule has 9 heteroatoms. The van der Waals surface area contributed by atoms with Crippen molar-refractivity contribution in [3.8, 4) is 0 Å². The van der Waals surface area contributed by atoms with Crippen molar-refractivity contribution in [3.63, 3.8) is 0 Å². The van der Waals surface area contributed by atoms with Crippen molar-refractivity contribution in [2.24, 2.45) is 0 Å². The first-order valence-electron chi connectivity index (χ1n) is 13.9. The Kier molecular flexibility index (Phi) is 11.8. The van der Waals surface area contributed by atoms with Crippen LogP contribution in [-0.4, -0.2) is 50.0 Å². The molecule has 1 N–H and O–H groups in total. The third-order valence-corrected chi connectivity index (χ3v) is 8.43. The van der Waals surface area contributed by atoms with Gasteiger partial charge in [0.2, 0.25) is 21.8 Å². The summed E-state index contributed by atoms with van der Waals surface area (Å²) in [6, 6.07) is 23.3. The van der Waals surface area contributed by atoms with Gasteiger partial charge in [0, 0.05) is 37.0 Å². The quantitative estimate of drug-likeness (QED) is 0.256. The van der Waals surface area contributed by atoms with Crippen LogP contribution in [0.4, 0.5) is 5.69 Å². The maximum Gasteiger partial charge on any atom is 0.243 e. The summed E-state index contributed by atoms with van der Waals surface area (Å²) in [6.45, 7) is 6.20. The maximum absolute atomic E-state index is 13.9. The topological polar surface area (TPSA) is 86.8 Å². The van der Waals surface area contributed by atoms with Crippen LogP contribution in [0.5, 0.6) is 0 Å². The largest absolute Gasteiger partial charge is 0.352 e. The molecule has 3 aromatic rings. The summed E-state index contributed by atoms with van der Waals surface area (Å²) >= 11 is 6.10. The van der Waals surface area contributed by atoms with Crippen LogP contribution in [-0.2, 0) is 32.6 Å². The minimum Gasteiger partial charge on any atom is -0.352 e. The Bertz CT molecular complexity index is 1400. The Morgan fingerprint density at radius 2 is 1.63 bits per heavy atom. The van der Waals surface area contributed by atoms with Crippen LogP contribution in [0.1, 0.15) is 49.8 Å². The lowest BCUT2D eigenvalue weighted by molar-refractivity contribution is -0.141. The third-order valence-electron chi connectivity index (χ3n) is 6.98. The molecule has 3 rings (SSSR count). The van der Waals surface area contributed by atoms with Gasteiger partial charge >= 0.3 is 0 Å². The number of nitrogens with one attached hydrogen (secondary N) is 1. The summed E-state index contributed by atoms with van der Waals surface area (Å²) in [5, 5.41) is 3.64. The highest BCUT2D eigenvalue weighted by Crippen LogP contribution is 2.21. The van der Waals surface area contributed by atoms with Gasteiger partial charge in [-0.2, -0.15) is 0 Å². The van der Waals surface area contributed by atoms with E-state index < -0.39 is 16.1 Å². The second kappa shape index (κ2) is 15.0. The highest BCUT2D eigenvalue weighted by Gasteiger charge is 2.31. The van der Waals surface area contributed by atoms with Crippen LogP contribution >= 0.6 is 11.6 Å². The number of carbonyl (C=O) groups excluding carboxylic acids is 2. The lowest BCUT2D eigenvalue weighted by Crippen LogP contribution is -2.52. The van der Waals surface area contributed by atoms with E-state index in [1.807, 2.05) is 81.4 Å². The summed E-state index contributed by atoms with van der Waals surface area (Å²) in [6.07, 6.45) is 2.64. The summed E-state index contributed by atoms with van der Waals surface area (Å²) < 4.78 is 26.6. The fraction of sp³-hybridized carbons (Fsp3) is 0.375. The van der Waals surface area contributed by atoms with E-state index in [2.05, 4.69) is 5.32 Å². The molecule has 41 heavy (non-hydrogen) atoms. The molecular weight excluding hydrogens is 558 g/mol. The Balaban J connectivity index is 1.89. The molecule has 0 radical (unpaired) electrons. The Morgan fingerprint density at radius 3 is 2.24 bits per heavy atom. The van der Waals surface area contributed by atoms with Crippen LogP contribution in [0, 0.1) is 6.92 Å². The Hall–Kier alpha value is -3.36. The normalized spacial score (nSPS) is 12.8. The Labute approximate surface area is 249 Å². The first-order valence-corrected chi connectivity index (χ1v) is 16.1. The minimum atomic E-state index is -3.56. The predicted molar refractivity (Wildman–Crippen MR) is 166 cm³/mol. The van der Waals surface area contributed by atoms with Gasteiger partial charge in [-0.1, -0.05) is 73.1 Å². The molecular formula is C32H40ClN3O4S. The van der Waals surface area contributed by atoms with Crippen molar-refractivity contribution < 1.29 is 18.0 Å². The second-order valence-electron chi connectivity index (χ2n) is 10.4. The first-order chi connectivity index (χ1) is 19.5. The zero-order valence-electron chi connectivity index (χ0n) is 24.2. The predicted octanol–water partition coefficient (Wildman–Crippen LogP) is 5.75. The van der Waals surface area contributed by atoms with E-state index >= 15 is 0 Å². The summed E-state index contributed by atoms with van der Waals surface area (Å²) in [7, 11) is -3.56. The summed E-state index contributed by atoms with van der Waals surface area (Å²) in [5.41, 5.74) is 3.29. The number of hydrogen-bond donors (Lipinski definition) is 1. The minimum absolute atomic E-state index is 0.0501. The molecule has 2 atom stereocenters. The van der Waals surface area contributed by atoms with Gasteiger partial charge in [0.1, 0.15) is 6.04 Å². The van der Waals surface area contributed by atoms with Crippen LogP contribution in [0.2, 0.25) is 5.02 Å². The van der Waals surface area contributed by atoms with Crippen LogP contribution in [0.25, 0.3) is 0 Å². The number of nitrogens with zero attached hydrogens (tertiary/aromatic N) is 2. The van der Waals surface area contributed by atoms with Gasteiger partial charge in [-0.25, -0.2) is 8.42 Å². The van der Waals surface area contributed by atoms with E-state index in [4.69, 9.17) is 11.6 Å². The molecule has 220 valence electrons. The number of anilines is 1. The second-order valence-corrected chi connectivity index (χ2v) is 12.8. The SMILES string of the molecule is CC[C@H](C)NC(=O)[C@H](Cc1ccccc1)N(Cc1ccc(Cl)cc1)C(=O)CCCN(c1cccc(C)c1)S(C)(=O)=O. The van der Waals surface area contributed by atoms with Gasteiger partial charge in [-0.3, -0.25) is 13.9 Å². The molecule has 0 bridgehead atoms. The molecule has 0 unspecified atom stereocenters. The highest BCUT2D eigenvalue weighted by atomic mass is 35.5. The number of hydrogen-bond acceptors (Lipinski definition) is 4. The molecule has 0 fully saturated rings. The van der Waals surface area contributed by atoms with Crippen molar-refractivity contribution in [2.45, 2.75) is 65.1 Å². The molecule has 0 saturated heterocycles. The number of rotatable bonds is 14. The van der Waals surface area contributed by atoms with Crippen molar-refractivity contribution in [2.75, 3.05) is 17.1 Å². The van der Waals surface area contributed by atoms with Gasteiger partial charge in [0.15, 0.2) is 0 Å². The van der Waals surface area contributed by atoms with Crippen LogP contribution < -0.4 is 9.62 Å². The van der Waals surface area contributed by atoms with E-state index in [0.29, 0.717) is 23.6 Å². The lowest BCUT2D eigenvalue weighted by Gasteiger charge is -2.32. The van der Waals surface area contributed by atoms with Gasteiger partial charge < -0.3 is 10.2 Å². The van der Waals surface area contributed by atoms with Crippen molar-refractivity contribution in [1.29, 1.82) is 0 Å². The van der Waals surface area contributed by atoms with E-state index in [1.165, 1.54) is 10.6 Å². The average Bonchev–Trinajstić information content (AvgIpc) is 2.93. The van der Waals surface area contributed by atoms with Gasteiger partial charge in [0.05, 0.1) is 11.9 Å². The molecule has 0 aliphatic heterocycles. The van der Waals surface area contributed by atoms with Gasteiger partial charge in [-0.15, -0.1) is 0 Å². The number of aryl methyl sites for hydroxylation is 1. The van der Waals surface area contributed by atoms with Crippen LogP contribution in [0.15, 0.2) is 78.9 Å². The molecule has 7 nitrogen and oxygen atoms in total. The van der Waals surface area contributed by atoms with Crippen molar-refractivity contribution >= 4 is 39.1 Å². The average molecular weight is 598 g/mol. The molecule has 0 spiro atoms. The van der Waals surface area contributed by atoms with E-state index in [9.17, 15) is 18.0 Å². The zero-order chi connectivity index (χ0) is 30.0. The standard InChI is InChI=1S/C32H40ClN3O4S/c1-5-25(3)34-32(38)30(22-26-12-7-6-8-13-26)35(23-27-16-18-28(33)19-17-27)31(37)15-10-20-36(41(4,39)40)29-14-9-11-24(2)21-29/h6-9,11-14,16-19,21,25,30H,5,10,15,20,22-23H2,1-4H3,(H,34,38)/t25-,30-/m0/s1. The van der Waals surface area contributed by atoms with Gasteiger partial charge in [-0.05, 0) is 67.6 Å². The number of halogens is 1. The molecule has 3 aromatic carbocycles. The van der Waals surface area contributed by atoms with Gasteiger partial charge in [0.25, 0.3) is 0 Å². The van der Waals surface area contributed by atoms with E-state index in [-0.39, 0.29) is 37.4 Å². The number of benzene rings is 3. The molecule has 0 aromatic heterocycles. The third kappa shape index (κ3) is 9.90. The summed E-state index contributed by atoms with van der Waals surface area (Å²) in [4.78, 5) is 29.1. The number of sulfonamides is 1. The molecule has 0 heterocycles. The number of amides is 2. The van der Waals surface area contributed by atoms with Crippen LogP contribution in [0.3, 0.4) is 0 Å². The fourth-order valence-electron chi connectivity index (χ4n) is 4.57. The van der Waals surface area contributed by atoms with Crippen molar-refractivity contribution in [3.05, 3.63) is 101 Å². The summed E-state index contributed by atoms with van der Waals surface area (Å²) in [5.74, 6) is -0.444. The zero-order valence-corrected chi connectivity index (χ0v) is 25.8. The van der Waals surface area contributed by atoms with Crippen molar-refractivity contribution in [1.82, 2.24) is 10.2 Å². The van der Waals surface area contributed by atoms with E-state index in [0.717, 1.165) is 23.1 Å². The lowest BCUT2D eigenvalue weighted by atomic mass is 10.0. The molecule has 0 aliphatic carbocycles. The molecule has 0 saturated carbocycles. The van der Waals surface area contributed by atoms with E-state index in [1.54, 1.807) is 23.1 Å².